The summed E-state index contributed by atoms with van der Waals surface area (Å²) >= 11 is 0. The molecule has 1 aliphatic rings. The van der Waals surface area contributed by atoms with Crippen LogP contribution in [0.15, 0.2) is 41.4 Å². The number of para-hydroxylation sites is 1. The molecule has 2 N–H and O–H groups in total. The standard InChI is InChI=1S/C17H24FN3O/c1-3-14(22-16-11-7-6-10-15(16)18)12-20-17(19-2)21-13-8-4-5-9-13/h4-7,10-11,13-14H,3,8-9,12H2,1-2H3,(H2,19,20,21). The summed E-state index contributed by atoms with van der Waals surface area (Å²) in [5, 5.41) is 6.62. The van der Waals surface area contributed by atoms with Crippen molar-refractivity contribution in [3.05, 3.63) is 42.2 Å². The second-order valence-electron chi connectivity index (χ2n) is 5.32. The highest BCUT2D eigenvalue weighted by atomic mass is 19.1. The molecule has 1 aromatic carbocycles. The third kappa shape index (κ3) is 4.76. The summed E-state index contributed by atoms with van der Waals surface area (Å²) in [4.78, 5) is 4.22. The molecule has 0 saturated carbocycles. The maximum absolute atomic E-state index is 13.6. The Morgan fingerprint density at radius 3 is 2.73 bits per heavy atom. The maximum atomic E-state index is 13.6. The van der Waals surface area contributed by atoms with Gasteiger partial charge in [-0.15, -0.1) is 0 Å². The number of benzene rings is 1. The van der Waals surface area contributed by atoms with Gasteiger partial charge in [0.25, 0.3) is 0 Å². The second kappa shape index (κ2) is 8.41. The Hall–Kier alpha value is -2.04. The monoisotopic (exact) mass is 305 g/mol. The minimum atomic E-state index is -0.333. The third-order valence-corrected chi connectivity index (χ3v) is 3.66. The second-order valence-corrected chi connectivity index (χ2v) is 5.32. The normalized spacial score (nSPS) is 16.6. The summed E-state index contributed by atoms with van der Waals surface area (Å²) in [6, 6.07) is 6.88. The number of rotatable bonds is 6. The molecule has 120 valence electrons. The van der Waals surface area contributed by atoms with E-state index in [1.165, 1.54) is 6.07 Å². The number of aliphatic imine (C=N–C) groups is 1. The molecule has 4 nitrogen and oxygen atoms in total. The summed E-state index contributed by atoms with van der Waals surface area (Å²) in [5.41, 5.74) is 0. The molecule has 0 spiro atoms. The quantitative estimate of drug-likeness (QED) is 0.482. The molecule has 0 saturated heterocycles. The predicted octanol–water partition coefficient (Wildman–Crippen LogP) is 2.87. The molecule has 1 atom stereocenters. The first-order valence-electron chi connectivity index (χ1n) is 7.76. The highest BCUT2D eigenvalue weighted by Crippen LogP contribution is 2.17. The summed E-state index contributed by atoms with van der Waals surface area (Å²) < 4.78 is 19.4. The molecule has 1 aliphatic carbocycles. The van der Waals surface area contributed by atoms with Gasteiger partial charge < -0.3 is 15.4 Å². The minimum Gasteiger partial charge on any atom is -0.486 e. The highest BCUT2D eigenvalue weighted by Gasteiger charge is 2.14. The van der Waals surface area contributed by atoms with Gasteiger partial charge in [0, 0.05) is 13.1 Å². The Morgan fingerprint density at radius 2 is 2.09 bits per heavy atom. The van der Waals surface area contributed by atoms with Gasteiger partial charge in [-0.25, -0.2) is 4.39 Å². The fourth-order valence-electron chi connectivity index (χ4n) is 2.32. The first-order valence-corrected chi connectivity index (χ1v) is 7.76. The summed E-state index contributed by atoms with van der Waals surface area (Å²) in [6.07, 6.45) is 7.04. The van der Waals surface area contributed by atoms with Crippen molar-refractivity contribution in [3.8, 4) is 5.75 Å². The average molecular weight is 305 g/mol. The van der Waals surface area contributed by atoms with E-state index in [9.17, 15) is 4.39 Å². The molecule has 1 aromatic rings. The first kappa shape index (κ1) is 16.3. The lowest BCUT2D eigenvalue weighted by Crippen LogP contribution is -2.45. The van der Waals surface area contributed by atoms with E-state index in [1.54, 1.807) is 25.2 Å². The van der Waals surface area contributed by atoms with Crippen molar-refractivity contribution in [3.63, 3.8) is 0 Å². The van der Waals surface area contributed by atoms with Gasteiger partial charge in [0.05, 0.1) is 6.54 Å². The van der Waals surface area contributed by atoms with Crippen LogP contribution in [0.2, 0.25) is 0 Å². The van der Waals surface area contributed by atoms with E-state index in [1.807, 2.05) is 6.92 Å². The highest BCUT2D eigenvalue weighted by molar-refractivity contribution is 5.80. The van der Waals surface area contributed by atoms with E-state index < -0.39 is 0 Å². The van der Waals surface area contributed by atoms with Crippen molar-refractivity contribution in [2.24, 2.45) is 4.99 Å². The first-order chi connectivity index (χ1) is 10.7. The summed E-state index contributed by atoms with van der Waals surface area (Å²) in [6.45, 7) is 2.59. The van der Waals surface area contributed by atoms with Gasteiger partial charge in [0.15, 0.2) is 17.5 Å². The number of hydrogen-bond donors (Lipinski definition) is 2. The number of nitrogens with zero attached hydrogens (tertiary/aromatic N) is 1. The lowest BCUT2D eigenvalue weighted by Gasteiger charge is -2.21. The van der Waals surface area contributed by atoms with E-state index >= 15 is 0 Å². The van der Waals surface area contributed by atoms with Crippen LogP contribution >= 0.6 is 0 Å². The van der Waals surface area contributed by atoms with Crippen LogP contribution in [0.3, 0.4) is 0 Å². The molecule has 0 aliphatic heterocycles. The Morgan fingerprint density at radius 1 is 1.36 bits per heavy atom. The molecule has 0 bridgehead atoms. The Balaban J connectivity index is 1.83. The molecular weight excluding hydrogens is 281 g/mol. The van der Waals surface area contributed by atoms with Crippen LogP contribution in [0.25, 0.3) is 0 Å². The van der Waals surface area contributed by atoms with Crippen LogP contribution in [0, 0.1) is 5.82 Å². The van der Waals surface area contributed by atoms with E-state index in [0.717, 1.165) is 25.2 Å². The molecule has 1 unspecified atom stereocenters. The number of ether oxygens (including phenoxy) is 1. The van der Waals surface area contributed by atoms with Crippen molar-refractivity contribution in [2.45, 2.75) is 38.3 Å². The lowest BCUT2D eigenvalue weighted by molar-refractivity contribution is 0.191. The third-order valence-electron chi connectivity index (χ3n) is 3.66. The van der Waals surface area contributed by atoms with Crippen molar-refractivity contribution in [2.75, 3.05) is 13.6 Å². The van der Waals surface area contributed by atoms with Gasteiger partial charge in [-0.2, -0.15) is 0 Å². The van der Waals surface area contributed by atoms with Crippen molar-refractivity contribution in [1.29, 1.82) is 0 Å². The largest absolute Gasteiger partial charge is 0.486 e. The van der Waals surface area contributed by atoms with E-state index in [-0.39, 0.29) is 11.9 Å². The smallest absolute Gasteiger partial charge is 0.191 e. The Kier molecular flexibility index (Phi) is 6.25. The molecule has 0 heterocycles. The van der Waals surface area contributed by atoms with Crippen LogP contribution in [-0.4, -0.2) is 31.7 Å². The SMILES string of the molecule is CCC(CNC(=NC)NC1CC=CC1)Oc1ccccc1F. The van der Waals surface area contributed by atoms with Gasteiger partial charge in [-0.05, 0) is 31.4 Å². The van der Waals surface area contributed by atoms with E-state index in [0.29, 0.717) is 18.3 Å². The maximum Gasteiger partial charge on any atom is 0.191 e. The molecule has 22 heavy (non-hydrogen) atoms. The zero-order chi connectivity index (χ0) is 15.8. The van der Waals surface area contributed by atoms with Crippen molar-refractivity contribution >= 4 is 5.96 Å². The van der Waals surface area contributed by atoms with Crippen LogP contribution in [0.4, 0.5) is 4.39 Å². The average Bonchev–Trinajstić information content (AvgIpc) is 3.04. The lowest BCUT2D eigenvalue weighted by atomic mass is 10.2. The molecule has 0 amide bonds. The molecule has 5 heteroatoms. The number of nitrogens with one attached hydrogen (secondary N) is 2. The Bertz CT molecular complexity index is 522. The van der Waals surface area contributed by atoms with Gasteiger partial charge in [0.2, 0.25) is 0 Å². The van der Waals surface area contributed by atoms with Crippen LogP contribution in [0.1, 0.15) is 26.2 Å². The van der Waals surface area contributed by atoms with Crippen molar-refractivity contribution < 1.29 is 9.13 Å². The van der Waals surface area contributed by atoms with Crippen LogP contribution in [-0.2, 0) is 0 Å². The minimum absolute atomic E-state index is 0.114. The Labute approximate surface area is 131 Å². The number of hydrogen-bond acceptors (Lipinski definition) is 2. The molecule has 0 radical (unpaired) electrons. The van der Waals surface area contributed by atoms with Gasteiger partial charge in [-0.3, -0.25) is 4.99 Å². The fraction of sp³-hybridized carbons (Fsp3) is 0.471. The molecule has 2 rings (SSSR count). The number of guanidine groups is 1. The number of halogens is 1. The van der Waals surface area contributed by atoms with E-state index in [4.69, 9.17) is 4.74 Å². The molecule has 0 fully saturated rings. The van der Waals surface area contributed by atoms with Gasteiger partial charge in [0.1, 0.15) is 6.10 Å². The van der Waals surface area contributed by atoms with Gasteiger partial charge in [-0.1, -0.05) is 31.2 Å². The van der Waals surface area contributed by atoms with Crippen molar-refractivity contribution in [1.82, 2.24) is 10.6 Å². The summed E-state index contributed by atoms with van der Waals surface area (Å²) in [5.74, 6) is 0.712. The summed E-state index contributed by atoms with van der Waals surface area (Å²) in [7, 11) is 1.75. The van der Waals surface area contributed by atoms with E-state index in [2.05, 4.69) is 27.8 Å². The molecule has 0 aromatic heterocycles. The predicted molar refractivity (Wildman–Crippen MR) is 87.8 cm³/mol. The molecular formula is C17H24FN3O. The fourth-order valence-corrected chi connectivity index (χ4v) is 2.32. The van der Waals surface area contributed by atoms with Gasteiger partial charge >= 0.3 is 0 Å². The van der Waals surface area contributed by atoms with Crippen LogP contribution < -0.4 is 15.4 Å². The zero-order valence-electron chi connectivity index (χ0n) is 13.2. The zero-order valence-corrected chi connectivity index (χ0v) is 13.2. The topological polar surface area (TPSA) is 45.7 Å². The van der Waals surface area contributed by atoms with Crippen LogP contribution in [0.5, 0.6) is 5.75 Å².